The number of nitrogens with one attached hydrogen (secondary N) is 2. The van der Waals surface area contributed by atoms with Gasteiger partial charge >= 0.3 is 6.09 Å². The number of aliphatic imine (C=N–C) groups is 1. The largest absolute Gasteiger partial charge is 0.496 e. The van der Waals surface area contributed by atoms with Crippen molar-refractivity contribution in [2.45, 2.75) is 5.92 Å². The molecule has 1 amide bonds. The summed E-state index contributed by atoms with van der Waals surface area (Å²) in [6.45, 7) is 1.27. The fourth-order valence-electron chi connectivity index (χ4n) is 1.99. The Morgan fingerprint density at radius 1 is 1.42 bits per heavy atom. The van der Waals surface area contributed by atoms with Gasteiger partial charge in [-0.2, -0.15) is 0 Å². The van der Waals surface area contributed by atoms with Crippen LogP contribution in [0, 0.1) is 0 Å². The molecule has 2 rings (SSSR count). The number of ether oxygens (including phenoxy) is 2. The van der Waals surface area contributed by atoms with Crippen LogP contribution in [0.2, 0.25) is 0 Å². The molecule has 1 aromatic carbocycles. The van der Waals surface area contributed by atoms with E-state index in [0.29, 0.717) is 19.0 Å². The number of benzene rings is 1. The molecule has 2 N–H and O–H groups in total. The Balaban J connectivity index is 2.04. The van der Waals surface area contributed by atoms with E-state index in [4.69, 9.17) is 4.74 Å². The molecule has 0 saturated heterocycles. The van der Waals surface area contributed by atoms with Crippen molar-refractivity contribution in [3.05, 3.63) is 29.8 Å². The highest BCUT2D eigenvalue weighted by molar-refractivity contribution is 5.94. The summed E-state index contributed by atoms with van der Waals surface area (Å²) >= 11 is 0. The zero-order valence-corrected chi connectivity index (χ0v) is 11.0. The van der Waals surface area contributed by atoms with E-state index < -0.39 is 6.09 Å². The molecular weight excluding hydrogens is 246 g/mol. The van der Waals surface area contributed by atoms with E-state index in [2.05, 4.69) is 20.4 Å². The fourth-order valence-corrected chi connectivity index (χ4v) is 1.99. The number of nitrogens with zero attached hydrogens (tertiary/aromatic N) is 1. The second-order valence-corrected chi connectivity index (χ2v) is 4.13. The summed E-state index contributed by atoms with van der Waals surface area (Å²) in [5, 5.41) is 5.58. The Labute approximate surface area is 111 Å². The van der Waals surface area contributed by atoms with Crippen LogP contribution in [0.5, 0.6) is 5.75 Å². The van der Waals surface area contributed by atoms with Crippen molar-refractivity contribution in [1.82, 2.24) is 10.6 Å². The average Bonchev–Trinajstić information content (AvgIpc) is 2.48. The minimum absolute atomic E-state index is 0.222. The van der Waals surface area contributed by atoms with Crippen LogP contribution >= 0.6 is 0 Å². The number of carbonyl (C=O) groups is 1. The molecule has 1 heterocycles. The first kappa shape index (κ1) is 13.2. The van der Waals surface area contributed by atoms with Crippen LogP contribution in [-0.2, 0) is 4.74 Å². The van der Waals surface area contributed by atoms with Crippen LogP contribution in [0.1, 0.15) is 11.5 Å². The highest BCUT2D eigenvalue weighted by Crippen LogP contribution is 2.27. The zero-order chi connectivity index (χ0) is 13.7. The Bertz CT molecular complexity index is 488. The Kier molecular flexibility index (Phi) is 4.22. The van der Waals surface area contributed by atoms with E-state index in [-0.39, 0.29) is 5.92 Å². The van der Waals surface area contributed by atoms with Gasteiger partial charge in [0.1, 0.15) is 5.75 Å². The molecular formula is C13H17N3O3. The van der Waals surface area contributed by atoms with Crippen molar-refractivity contribution < 1.29 is 14.3 Å². The number of carbonyl (C=O) groups excluding carboxylic acids is 1. The van der Waals surface area contributed by atoms with Crippen molar-refractivity contribution in [2.75, 3.05) is 27.3 Å². The lowest BCUT2D eigenvalue weighted by Gasteiger charge is -2.24. The number of para-hydroxylation sites is 1. The molecule has 0 spiro atoms. The van der Waals surface area contributed by atoms with Gasteiger partial charge in [-0.3, -0.25) is 10.3 Å². The molecule has 1 aliphatic heterocycles. The van der Waals surface area contributed by atoms with E-state index >= 15 is 0 Å². The second kappa shape index (κ2) is 6.08. The molecule has 0 radical (unpaired) electrons. The van der Waals surface area contributed by atoms with Gasteiger partial charge in [-0.25, -0.2) is 4.79 Å². The molecule has 0 saturated carbocycles. The third-order valence-electron chi connectivity index (χ3n) is 2.97. The quantitative estimate of drug-likeness (QED) is 0.838. The van der Waals surface area contributed by atoms with Crippen molar-refractivity contribution in [1.29, 1.82) is 0 Å². The molecule has 6 nitrogen and oxygen atoms in total. The maximum absolute atomic E-state index is 11.1. The smallest absolute Gasteiger partial charge is 0.413 e. The van der Waals surface area contributed by atoms with Gasteiger partial charge in [-0.15, -0.1) is 0 Å². The van der Waals surface area contributed by atoms with Gasteiger partial charge in [0.25, 0.3) is 0 Å². The predicted molar refractivity (Wildman–Crippen MR) is 71.6 cm³/mol. The normalized spacial score (nSPS) is 18.0. The van der Waals surface area contributed by atoms with Gasteiger partial charge in [0, 0.05) is 18.0 Å². The highest BCUT2D eigenvalue weighted by Gasteiger charge is 2.20. The number of methoxy groups -OCH3 is 2. The fraction of sp³-hybridized carbons (Fsp3) is 0.385. The minimum Gasteiger partial charge on any atom is -0.496 e. The summed E-state index contributed by atoms with van der Waals surface area (Å²) in [5.74, 6) is 1.52. The number of guanidine groups is 1. The van der Waals surface area contributed by atoms with Crippen molar-refractivity contribution in [2.24, 2.45) is 4.99 Å². The molecule has 102 valence electrons. The number of hydrogen-bond acceptors (Lipinski definition) is 5. The summed E-state index contributed by atoms with van der Waals surface area (Å²) in [5.41, 5.74) is 1.11. The number of rotatable bonds is 2. The van der Waals surface area contributed by atoms with Gasteiger partial charge in [-0.05, 0) is 6.07 Å². The van der Waals surface area contributed by atoms with Gasteiger partial charge in [0.15, 0.2) is 0 Å². The number of alkyl carbamates (subject to hydrolysis) is 1. The molecule has 0 aliphatic carbocycles. The van der Waals surface area contributed by atoms with Crippen LogP contribution < -0.4 is 15.4 Å². The lowest BCUT2D eigenvalue weighted by atomic mass is 9.97. The molecule has 0 aromatic heterocycles. The van der Waals surface area contributed by atoms with Gasteiger partial charge in [0.05, 0.1) is 20.8 Å². The monoisotopic (exact) mass is 263 g/mol. The summed E-state index contributed by atoms with van der Waals surface area (Å²) < 4.78 is 9.85. The second-order valence-electron chi connectivity index (χ2n) is 4.13. The van der Waals surface area contributed by atoms with Crippen LogP contribution in [-0.4, -0.2) is 39.4 Å². The lowest BCUT2D eigenvalue weighted by Crippen LogP contribution is -2.45. The van der Waals surface area contributed by atoms with E-state index in [1.807, 2.05) is 24.3 Å². The van der Waals surface area contributed by atoms with E-state index in [1.165, 1.54) is 7.11 Å². The molecule has 1 unspecified atom stereocenters. The van der Waals surface area contributed by atoms with Gasteiger partial charge < -0.3 is 14.8 Å². The topological polar surface area (TPSA) is 72.0 Å². The van der Waals surface area contributed by atoms with E-state index in [9.17, 15) is 4.79 Å². The predicted octanol–water partition coefficient (Wildman–Crippen LogP) is 1.09. The summed E-state index contributed by atoms with van der Waals surface area (Å²) in [6, 6.07) is 7.87. The molecule has 6 heteroatoms. The first-order valence-corrected chi connectivity index (χ1v) is 6.00. The Morgan fingerprint density at radius 3 is 2.84 bits per heavy atom. The van der Waals surface area contributed by atoms with Crippen LogP contribution in [0.15, 0.2) is 29.3 Å². The molecule has 0 bridgehead atoms. The maximum atomic E-state index is 11.1. The van der Waals surface area contributed by atoms with Gasteiger partial charge in [0.2, 0.25) is 5.96 Å². The summed E-state index contributed by atoms with van der Waals surface area (Å²) in [6.07, 6.45) is -0.526. The number of amides is 1. The summed E-state index contributed by atoms with van der Waals surface area (Å²) in [4.78, 5) is 15.3. The third-order valence-corrected chi connectivity index (χ3v) is 2.97. The third kappa shape index (κ3) is 3.15. The van der Waals surface area contributed by atoms with Crippen molar-refractivity contribution in [3.8, 4) is 5.75 Å². The SMILES string of the molecule is COC(=O)NC1=NCC(c2ccccc2OC)CN1. The molecule has 1 atom stereocenters. The van der Waals surface area contributed by atoms with Crippen molar-refractivity contribution in [3.63, 3.8) is 0 Å². The minimum atomic E-state index is -0.526. The average molecular weight is 263 g/mol. The van der Waals surface area contributed by atoms with Crippen molar-refractivity contribution >= 4 is 12.1 Å². The zero-order valence-electron chi connectivity index (χ0n) is 11.0. The Morgan fingerprint density at radius 2 is 2.21 bits per heavy atom. The molecule has 1 aromatic rings. The Hall–Kier alpha value is -2.24. The number of hydrogen-bond donors (Lipinski definition) is 2. The van der Waals surface area contributed by atoms with E-state index in [0.717, 1.165) is 11.3 Å². The van der Waals surface area contributed by atoms with Crippen LogP contribution in [0.4, 0.5) is 4.79 Å². The first-order chi connectivity index (χ1) is 9.24. The van der Waals surface area contributed by atoms with Crippen LogP contribution in [0.3, 0.4) is 0 Å². The standard InChI is InChI=1S/C13H17N3O3/c1-18-11-6-4-3-5-10(11)9-7-14-12(15-8-9)16-13(17)19-2/h3-6,9H,7-8H2,1-2H3,(H2,14,15,16,17). The molecule has 19 heavy (non-hydrogen) atoms. The van der Waals surface area contributed by atoms with Crippen LogP contribution in [0.25, 0.3) is 0 Å². The first-order valence-electron chi connectivity index (χ1n) is 6.00. The summed E-state index contributed by atoms with van der Waals surface area (Å²) in [7, 11) is 2.97. The molecule has 0 fully saturated rings. The lowest BCUT2D eigenvalue weighted by molar-refractivity contribution is 0.176. The molecule has 1 aliphatic rings. The van der Waals surface area contributed by atoms with E-state index in [1.54, 1.807) is 7.11 Å². The maximum Gasteiger partial charge on any atom is 0.413 e. The highest BCUT2D eigenvalue weighted by atomic mass is 16.5. The van der Waals surface area contributed by atoms with Gasteiger partial charge in [-0.1, -0.05) is 18.2 Å².